The average Bonchev–Trinajstić information content (AvgIpc) is 2.69. The SMILES string of the molecule is CC(=O)SC1CC(=O)N(c2cccc([N+](=O)[O-])c2N)C1. The van der Waals surface area contributed by atoms with Gasteiger partial charge >= 0.3 is 0 Å². The second-order valence-electron chi connectivity index (χ2n) is 4.41. The van der Waals surface area contributed by atoms with Crippen molar-refractivity contribution in [1.82, 2.24) is 0 Å². The number of rotatable bonds is 3. The van der Waals surface area contributed by atoms with Gasteiger partial charge in [-0.25, -0.2) is 0 Å². The van der Waals surface area contributed by atoms with E-state index in [9.17, 15) is 19.7 Å². The third-order valence-corrected chi connectivity index (χ3v) is 3.95. The second-order valence-corrected chi connectivity index (χ2v) is 5.88. The van der Waals surface area contributed by atoms with Crippen molar-refractivity contribution < 1.29 is 14.5 Å². The Balaban J connectivity index is 2.28. The summed E-state index contributed by atoms with van der Waals surface area (Å²) in [5, 5.41) is 10.7. The largest absolute Gasteiger partial charge is 0.391 e. The van der Waals surface area contributed by atoms with E-state index in [2.05, 4.69) is 0 Å². The highest BCUT2D eigenvalue weighted by Crippen LogP contribution is 2.36. The van der Waals surface area contributed by atoms with Gasteiger partial charge in [-0.15, -0.1) is 0 Å². The summed E-state index contributed by atoms with van der Waals surface area (Å²) in [4.78, 5) is 34.7. The van der Waals surface area contributed by atoms with Crippen LogP contribution < -0.4 is 10.6 Å². The van der Waals surface area contributed by atoms with Crippen LogP contribution in [0.5, 0.6) is 0 Å². The summed E-state index contributed by atoms with van der Waals surface area (Å²) in [6.45, 7) is 1.77. The maximum atomic E-state index is 12.0. The van der Waals surface area contributed by atoms with Crippen LogP contribution in [0.4, 0.5) is 17.1 Å². The number of hydrogen-bond donors (Lipinski definition) is 1. The molecule has 0 saturated carbocycles. The van der Waals surface area contributed by atoms with Crippen molar-refractivity contribution in [2.24, 2.45) is 0 Å². The molecule has 0 spiro atoms. The minimum absolute atomic E-state index is 0.0284. The Bertz CT molecular complexity index is 590. The molecule has 1 heterocycles. The van der Waals surface area contributed by atoms with Crippen LogP contribution in [-0.4, -0.2) is 27.7 Å². The fourth-order valence-corrected chi connectivity index (χ4v) is 3.08. The number of nitrogens with zero attached hydrogens (tertiary/aromatic N) is 2. The summed E-state index contributed by atoms with van der Waals surface area (Å²) in [7, 11) is 0. The van der Waals surface area contributed by atoms with Crippen molar-refractivity contribution in [3.05, 3.63) is 28.3 Å². The third kappa shape index (κ3) is 2.74. The molecule has 0 aromatic heterocycles. The number of thioether (sulfide) groups is 1. The molecule has 1 unspecified atom stereocenters. The molecule has 1 aromatic carbocycles. The first-order valence-corrected chi connectivity index (χ1v) is 6.78. The van der Waals surface area contributed by atoms with Gasteiger partial charge in [0.05, 0.1) is 10.6 Å². The second kappa shape index (κ2) is 5.49. The number of nitrogens with two attached hydrogens (primary N) is 1. The van der Waals surface area contributed by atoms with Crippen LogP contribution >= 0.6 is 11.8 Å². The van der Waals surface area contributed by atoms with Gasteiger partial charge in [-0.3, -0.25) is 19.7 Å². The van der Waals surface area contributed by atoms with E-state index in [1.165, 1.54) is 24.0 Å². The van der Waals surface area contributed by atoms with Gasteiger partial charge in [0.15, 0.2) is 5.12 Å². The number of carbonyl (C=O) groups is 2. The molecule has 0 aliphatic carbocycles. The van der Waals surface area contributed by atoms with Gasteiger partial charge in [0.1, 0.15) is 5.69 Å². The Morgan fingerprint density at radius 1 is 1.55 bits per heavy atom. The van der Waals surface area contributed by atoms with E-state index in [0.29, 0.717) is 12.2 Å². The molecule has 0 bridgehead atoms. The van der Waals surface area contributed by atoms with Crippen molar-refractivity contribution in [3.63, 3.8) is 0 Å². The number of carbonyl (C=O) groups excluding carboxylic acids is 2. The molecule has 20 heavy (non-hydrogen) atoms. The van der Waals surface area contributed by atoms with Crippen LogP contribution in [0.2, 0.25) is 0 Å². The van der Waals surface area contributed by atoms with Crippen LogP contribution in [0, 0.1) is 10.1 Å². The summed E-state index contributed by atoms with van der Waals surface area (Å²) in [6, 6.07) is 4.35. The molecule has 2 rings (SSSR count). The number of nitro benzene ring substituents is 1. The molecule has 7 nitrogen and oxygen atoms in total. The van der Waals surface area contributed by atoms with Gasteiger partial charge in [0, 0.05) is 31.2 Å². The Morgan fingerprint density at radius 3 is 2.85 bits per heavy atom. The zero-order valence-electron chi connectivity index (χ0n) is 10.7. The maximum Gasteiger partial charge on any atom is 0.294 e. The maximum absolute atomic E-state index is 12.0. The van der Waals surface area contributed by atoms with E-state index >= 15 is 0 Å². The van der Waals surface area contributed by atoms with E-state index in [1.807, 2.05) is 0 Å². The Hall–Kier alpha value is -2.09. The molecule has 8 heteroatoms. The van der Waals surface area contributed by atoms with Crippen molar-refractivity contribution in [1.29, 1.82) is 0 Å². The van der Waals surface area contributed by atoms with Gasteiger partial charge in [0.25, 0.3) is 5.69 Å². The molecule has 1 atom stereocenters. The van der Waals surface area contributed by atoms with Crippen molar-refractivity contribution in [2.45, 2.75) is 18.6 Å². The lowest BCUT2D eigenvalue weighted by Gasteiger charge is -2.18. The molecule has 0 radical (unpaired) electrons. The predicted octanol–water partition coefficient (Wildman–Crippen LogP) is 1.56. The molecule has 1 aromatic rings. The minimum atomic E-state index is -0.582. The van der Waals surface area contributed by atoms with Crippen molar-refractivity contribution in [3.8, 4) is 0 Å². The van der Waals surface area contributed by atoms with Crippen LogP contribution in [0.3, 0.4) is 0 Å². The molecule has 106 valence electrons. The van der Waals surface area contributed by atoms with Crippen molar-refractivity contribution in [2.75, 3.05) is 17.2 Å². The van der Waals surface area contributed by atoms with E-state index in [-0.39, 0.29) is 34.1 Å². The topological polar surface area (TPSA) is 107 Å². The Kier molecular flexibility index (Phi) is 3.93. The van der Waals surface area contributed by atoms with Gasteiger partial charge in [0.2, 0.25) is 5.91 Å². The summed E-state index contributed by atoms with van der Waals surface area (Å²) < 4.78 is 0. The van der Waals surface area contributed by atoms with Gasteiger partial charge in [-0.05, 0) is 6.07 Å². The summed E-state index contributed by atoms with van der Waals surface area (Å²) in [5.74, 6) is -0.184. The first-order chi connectivity index (χ1) is 9.40. The molecule has 1 saturated heterocycles. The first-order valence-electron chi connectivity index (χ1n) is 5.90. The van der Waals surface area contributed by atoms with Gasteiger partial charge in [-0.2, -0.15) is 0 Å². The molecule has 2 N–H and O–H groups in total. The van der Waals surface area contributed by atoms with Crippen LogP contribution in [0.25, 0.3) is 0 Å². The number of nitro groups is 1. The number of para-hydroxylation sites is 1. The smallest absolute Gasteiger partial charge is 0.294 e. The Morgan fingerprint density at radius 2 is 2.25 bits per heavy atom. The monoisotopic (exact) mass is 295 g/mol. The zero-order valence-corrected chi connectivity index (χ0v) is 11.6. The molecule has 1 aliphatic rings. The van der Waals surface area contributed by atoms with E-state index in [0.717, 1.165) is 11.8 Å². The molecular weight excluding hydrogens is 282 g/mol. The Labute approximate surface area is 119 Å². The van der Waals surface area contributed by atoms with E-state index in [1.54, 1.807) is 6.07 Å². The molecule has 1 fully saturated rings. The summed E-state index contributed by atoms with van der Waals surface area (Å²) in [6.07, 6.45) is 0.229. The zero-order chi connectivity index (χ0) is 14.9. The fourth-order valence-electron chi connectivity index (χ4n) is 2.16. The fraction of sp³-hybridized carbons (Fsp3) is 0.333. The number of hydrogen-bond acceptors (Lipinski definition) is 6. The number of amides is 1. The van der Waals surface area contributed by atoms with Crippen molar-refractivity contribution >= 4 is 39.8 Å². The van der Waals surface area contributed by atoms with Crippen LogP contribution in [0.15, 0.2) is 18.2 Å². The predicted molar refractivity (Wildman–Crippen MR) is 76.5 cm³/mol. The van der Waals surface area contributed by atoms with E-state index in [4.69, 9.17) is 5.73 Å². The molecule has 1 aliphatic heterocycles. The van der Waals surface area contributed by atoms with Crippen LogP contribution in [-0.2, 0) is 9.59 Å². The lowest BCUT2D eigenvalue weighted by Crippen LogP contribution is -2.26. The summed E-state index contributed by atoms with van der Waals surface area (Å²) in [5.41, 5.74) is 5.84. The highest BCUT2D eigenvalue weighted by molar-refractivity contribution is 8.14. The average molecular weight is 295 g/mol. The number of anilines is 2. The minimum Gasteiger partial charge on any atom is -0.391 e. The first kappa shape index (κ1) is 14.3. The molecular formula is C12H13N3O4S. The standard InChI is InChI=1S/C12H13N3O4S/c1-7(16)20-8-5-11(17)14(6-8)9-3-2-4-10(12(9)13)15(18)19/h2-4,8H,5-6,13H2,1H3. The summed E-state index contributed by atoms with van der Waals surface area (Å²) >= 11 is 1.10. The number of nitrogen functional groups attached to an aromatic ring is 1. The third-order valence-electron chi connectivity index (χ3n) is 2.97. The quantitative estimate of drug-likeness (QED) is 0.515. The molecule has 1 amide bonds. The lowest BCUT2D eigenvalue weighted by atomic mass is 10.2. The van der Waals surface area contributed by atoms with E-state index < -0.39 is 4.92 Å². The highest BCUT2D eigenvalue weighted by atomic mass is 32.2. The van der Waals surface area contributed by atoms with Gasteiger partial charge in [-0.1, -0.05) is 17.8 Å². The van der Waals surface area contributed by atoms with Crippen LogP contribution in [0.1, 0.15) is 13.3 Å². The lowest BCUT2D eigenvalue weighted by molar-refractivity contribution is -0.383. The number of benzene rings is 1. The normalized spacial score (nSPS) is 18.4. The highest BCUT2D eigenvalue weighted by Gasteiger charge is 2.34. The van der Waals surface area contributed by atoms with Gasteiger partial charge < -0.3 is 10.6 Å².